The van der Waals surface area contributed by atoms with Crippen LogP contribution < -0.4 is 10.6 Å². The van der Waals surface area contributed by atoms with Crippen LogP contribution in [0, 0.1) is 22.0 Å². The number of nitrogens with two attached hydrogens (primary N) is 1. The van der Waals surface area contributed by atoms with Gasteiger partial charge in [0.05, 0.1) is 4.92 Å². The first kappa shape index (κ1) is 12.1. The summed E-state index contributed by atoms with van der Waals surface area (Å²) in [5.74, 6) is 1.92. The van der Waals surface area contributed by atoms with Crippen LogP contribution in [0.1, 0.15) is 25.7 Å². The van der Waals surface area contributed by atoms with E-state index in [1.807, 2.05) is 0 Å². The van der Waals surface area contributed by atoms with Gasteiger partial charge in [-0.2, -0.15) is 4.98 Å². The summed E-state index contributed by atoms with van der Waals surface area (Å²) < 4.78 is 0. The molecular weight excluding hydrogens is 246 g/mol. The second-order valence-electron chi connectivity index (χ2n) is 5.49. The number of nitrogen functional groups attached to an aromatic ring is 1. The lowest BCUT2D eigenvalue weighted by molar-refractivity contribution is -0.384. The first-order valence-electron chi connectivity index (χ1n) is 6.65. The highest BCUT2D eigenvalue weighted by atomic mass is 16.6. The van der Waals surface area contributed by atoms with Crippen molar-refractivity contribution in [2.75, 3.05) is 23.7 Å². The summed E-state index contributed by atoms with van der Waals surface area (Å²) in [6.07, 6.45) is 6.23. The second-order valence-corrected chi connectivity index (χ2v) is 5.49. The van der Waals surface area contributed by atoms with Crippen LogP contribution in [0.3, 0.4) is 0 Å². The van der Waals surface area contributed by atoms with Crippen molar-refractivity contribution in [1.29, 1.82) is 0 Å². The van der Waals surface area contributed by atoms with Gasteiger partial charge in [0.1, 0.15) is 6.20 Å². The standard InChI is InChI=1S/C12H17N5O2/c13-11-10(17(18)19)5-14-12(15-11)16(6-8-1-2-8)7-9-3-4-9/h5,8-9H,1-4,6-7H2,(H2,13,14,15). The number of hydrogen-bond donors (Lipinski definition) is 1. The molecule has 0 unspecified atom stereocenters. The predicted molar refractivity (Wildman–Crippen MR) is 70.8 cm³/mol. The molecular formula is C12H17N5O2. The summed E-state index contributed by atoms with van der Waals surface area (Å²) in [6.45, 7) is 1.88. The van der Waals surface area contributed by atoms with Crippen molar-refractivity contribution < 1.29 is 4.92 Å². The molecule has 2 aliphatic rings. The van der Waals surface area contributed by atoms with Gasteiger partial charge in [0, 0.05) is 13.1 Å². The highest BCUT2D eigenvalue weighted by Crippen LogP contribution is 2.35. The van der Waals surface area contributed by atoms with Crippen LogP contribution in [-0.4, -0.2) is 28.0 Å². The van der Waals surface area contributed by atoms with Gasteiger partial charge in [-0.15, -0.1) is 0 Å². The average Bonchev–Trinajstić information content (AvgIpc) is 3.22. The minimum Gasteiger partial charge on any atom is -0.378 e. The van der Waals surface area contributed by atoms with Crippen LogP contribution in [0.4, 0.5) is 17.5 Å². The van der Waals surface area contributed by atoms with Crippen LogP contribution in [0.5, 0.6) is 0 Å². The predicted octanol–water partition coefficient (Wildman–Crippen LogP) is 1.59. The molecule has 19 heavy (non-hydrogen) atoms. The van der Waals surface area contributed by atoms with Crippen LogP contribution in [0.25, 0.3) is 0 Å². The van der Waals surface area contributed by atoms with Gasteiger partial charge in [-0.3, -0.25) is 10.1 Å². The molecule has 7 heteroatoms. The summed E-state index contributed by atoms with van der Waals surface area (Å²) in [7, 11) is 0. The van der Waals surface area contributed by atoms with E-state index >= 15 is 0 Å². The van der Waals surface area contributed by atoms with Crippen LogP contribution in [0.2, 0.25) is 0 Å². The highest BCUT2D eigenvalue weighted by molar-refractivity contribution is 5.53. The molecule has 2 saturated carbocycles. The maximum Gasteiger partial charge on any atom is 0.329 e. The fourth-order valence-electron chi connectivity index (χ4n) is 2.13. The van der Waals surface area contributed by atoms with Gasteiger partial charge >= 0.3 is 5.69 Å². The van der Waals surface area contributed by atoms with Crippen LogP contribution in [0.15, 0.2) is 6.20 Å². The van der Waals surface area contributed by atoms with E-state index in [4.69, 9.17) is 5.73 Å². The van der Waals surface area contributed by atoms with Crippen molar-refractivity contribution in [3.05, 3.63) is 16.3 Å². The van der Waals surface area contributed by atoms with Gasteiger partial charge in [-0.25, -0.2) is 4.98 Å². The number of hydrogen-bond acceptors (Lipinski definition) is 6. The topological polar surface area (TPSA) is 98.2 Å². The quantitative estimate of drug-likeness (QED) is 0.618. The Labute approximate surface area is 111 Å². The Kier molecular flexibility index (Phi) is 2.96. The molecule has 1 aromatic rings. The molecule has 0 aromatic carbocycles. The number of anilines is 2. The van der Waals surface area contributed by atoms with Gasteiger partial charge in [0.25, 0.3) is 0 Å². The molecule has 0 amide bonds. The molecule has 2 N–H and O–H groups in total. The summed E-state index contributed by atoms with van der Waals surface area (Å²) >= 11 is 0. The smallest absolute Gasteiger partial charge is 0.329 e. The van der Waals surface area contributed by atoms with E-state index in [1.165, 1.54) is 31.9 Å². The molecule has 1 aromatic heterocycles. The molecule has 3 rings (SSSR count). The molecule has 0 aliphatic heterocycles. The fraction of sp³-hybridized carbons (Fsp3) is 0.667. The maximum absolute atomic E-state index is 10.7. The van der Waals surface area contributed by atoms with Crippen molar-refractivity contribution in [3.63, 3.8) is 0 Å². The zero-order chi connectivity index (χ0) is 13.4. The first-order chi connectivity index (χ1) is 9.13. The van der Waals surface area contributed by atoms with Crippen LogP contribution in [-0.2, 0) is 0 Å². The van der Waals surface area contributed by atoms with Gasteiger partial charge in [0.2, 0.25) is 11.8 Å². The van der Waals surface area contributed by atoms with Crippen molar-refractivity contribution in [1.82, 2.24) is 9.97 Å². The van der Waals surface area contributed by atoms with Gasteiger partial charge in [-0.05, 0) is 37.5 Å². The third-order valence-corrected chi connectivity index (χ3v) is 3.62. The highest BCUT2D eigenvalue weighted by Gasteiger charge is 2.31. The second kappa shape index (κ2) is 4.64. The lowest BCUT2D eigenvalue weighted by Crippen LogP contribution is -2.30. The fourth-order valence-corrected chi connectivity index (χ4v) is 2.13. The van der Waals surface area contributed by atoms with E-state index in [0.717, 1.165) is 24.9 Å². The molecule has 7 nitrogen and oxygen atoms in total. The zero-order valence-corrected chi connectivity index (χ0v) is 10.7. The zero-order valence-electron chi connectivity index (χ0n) is 10.7. The molecule has 0 saturated heterocycles. The van der Waals surface area contributed by atoms with Crippen LogP contribution >= 0.6 is 0 Å². The Hall–Kier alpha value is -1.92. The minimum absolute atomic E-state index is 0.0495. The van der Waals surface area contributed by atoms with E-state index in [1.54, 1.807) is 0 Å². The third kappa shape index (κ3) is 2.91. The summed E-state index contributed by atoms with van der Waals surface area (Å²) in [6, 6.07) is 0. The number of nitro groups is 1. The van der Waals surface area contributed by atoms with E-state index in [9.17, 15) is 10.1 Å². The number of aromatic nitrogens is 2. The lowest BCUT2D eigenvalue weighted by Gasteiger charge is -2.22. The molecule has 1 heterocycles. The van der Waals surface area contributed by atoms with Crippen molar-refractivity contribution in [3.8, 4) is 0 Å². The van der Waals surface area contributed by atoms with E-state index in [0.29, 0.717) is 5.95 Å². The van der Waals surface area contributed by atoms with Crippen molar-refractivity contribution in [2.45, 2.75) is 25.7 Å². The summed E-state index contributed by atoms with van der Waals surface area (Å²) in [4.78, 5) is 20.5. The SMILES string of the molecule is Nc1nc(N(CC2CC2)CC2CC2)ncc1[N+](=O)[O-]. The van der Waals surface area contributed by atoms with E-state index in [2.05, 4.69) is 14.9 Å². The molecule has 2 aliphatic carbocycles. The Morgan fingerprint density at radius 2 is 1.89 bits per heavy atom. The van der Waals surface area contributed by atoms with E-state index in [-0.39, 0.29) is 11.5 Å². The van der Waals surface area contributed by atoms with Gasteiger partial charge in [0.15, 0.2) is 0 Å². The van der Waals surface area contributed by atoms with Gasteiger partial charge < -0.3 is 10.6 Å². The largest absolute Gasteiger partial charge is 0.378 e. The summed E-state index contributed by atoms with van der Waals surface area (Å²) in [5, 5.41) is 10.7. The molecule has 0 radical (unpaired) electrons. The molecule has 0 spiro atoms. The number of rotatable bonds is 6. The monoisotopic (exact) mass is 263 g/mol. The molecule has 2 fully saturated rings. The van der Waals surface area contributed by atoms with Crippen molar-refractivity contribution >= 4 is 17.5 Å². The molecule has 0 atom stereocenters. The Morgan fingerprint density at radius 1 is 1.32 bits per heavy atom. The lowest BCUT2D eigenvalue weighted by atomic mass is 10.3. The Morgan fingerprint density at radius 3 is 2.32 bits per heavy atom. The van der Waals surface area contributed by atoms with Crippen molar-refractivity contribution in [2.24, 2.45) is 11.8 Å². The Balaban J connectivity index is 1.79. The number of nitrogens with zero attached hydrogens (tertiary/aromatic N) is 4. The normalized spacial score (nSPS) is 18.3. The average molecular weight is 263 g/mol. The maximum atomic E-state index is 10.7. The Bertz CT molecular complexity index is 485. The molecule has 102 valence electrons. The van der Waals surface area contributed by atoms with E-state index < -0.39 is 4.92 Å². The van der Waals surface area contributed by atoms with Gasteiger partial charge in [-0.1, -0.05) is 0 Å². The first-order valence-corrected chi connectivity index (χ1v) is 6.65. The summed E-state index contributed by atoms with van der Waals surface area (Å²) in [5.41, 5.74) is 5.41. The third-order valence-electron chi connectivity index (χ3n) is 3.62. The minimum atomic E-state index is -0.550. The molecule has 0 bridgehead atoms.